The maximum absolute atomic E-state index is 13.4. The van der Waals surface area contributed by atoms with Crippen molar-refractivity contribution < 1.29 is 4.39 Å². The van der Waals surface area contributed by atoms with Crippen LogP contribution < -0.4 is 5.73 Å². The van der Waals surface area contributed by atoms with Crippen LogP contribution in [0.25, 0.3) is 0 Å². The molecule has 20 heavy (non-hydrogen) atoms. The lowest BCUT2D eigenvalue weighted by Gasteiger charge is -2.43. The number of halogens is 2. The Morgan fingerprint density at radius 1 is 1.30 bits per heavy atom. The van der Waals surface area contributed by atoms with Gasteiger partial charge < -0.3 is 5.73 Å². The van der Waals surface area contributed by atoms with Gasteiger partial charge in [-0.15, -0.1) is 0 Å². The van der Waals surface area contributed by atoms with E-state index in [-0.39, 0.29) is 28.5 Å². The third-order valence-corrected chi connectivity index (χ3v) is 4.36. The SMILES string of the molecule is CC(C)(C)N1CCCCC(N)C1c1ccc(F)c(Cl)c1. The van der Waals surface area contributed by atoms with Gasteiger partial charge in [-0.3, -0.25) is 4.90 Å². The van der Waals surface area contributed by atoms with E-state index in [2.05, 4.69) is 25.7 Å². The van der Waals surface area contributed by atoms with Crippen molar-refractivity contribution in [3.05, 3.63) is 34.6 Å². The van der Waals surface area contributed by atoms with Crippen molar-refractivity contribution in [2.75, 3.05) is 6.54 Å². The molecule has 2 unspecified atom stereocenters. The Bertz CT molecular complexity index is 470. The van der Waals surface area contributed by atoms with E-state index in [4.69, 9.17) is 17.3 Å². The molecule has 112 valence electrons. The number of nitrogens with two attached hydrogens (primary N) is 1. The fourth-order valence-corrected chi connectivity index (χ4v) is 3.26. The molecule has 1 aliphatic rings. The minimum atomic E-state index is -0.375. The Morgan fingerprint density at radius 3 is 2.60 bits per heavy atom. The summed E-state index contributed by atoms with van der Waals surface area (Å²) in [5.41, 5.74) is 7.44. The predicted molar refractivity (Wildman–Crippen MR) is 82.4 cm³/mol. The number of benzene rings is 1. The van der Waals surface area contributed by atoms with E-state index in [1.54, 1.807) is 6.07 Å². The predicted octanol–water partition coefficient (Wildman–Crippen LogP) is 4.13. The van der Waals surface area contributed by atoms with Gasteiger partial charge in [0.25, 0.3) is 0 Å². The molecule has 0 radical (unpaired) electrons. The number of hydrogen-bond donors (Lipinski definition) is 1. The van der Waals surface area contributed by atoms with E-state index in [1.165, 1.54) is 6.07 Å². The topological polar surface area (TPSA) is 29.3 Å². The minimum absolute atomic E-state index is 0.0213. The molecule has 1 saturated heterocycles. The van der Waals surface area contributed by atoms with Crippen molar-refractivity contribution in [1.29, 1.82) is 0 Å². The molecule has 0 aliphatic carbocycles. The molecule has 0 saturated carbocycles. The number of nitrogens with zero attached hydrogens (tertiary/aromatic N) is 1. The highest BCUT2D eigenvalue weighted by atomic mass is 35.5. The second kappa shape index (κ2) is 6.00. The molecule has 2 nitrogen and oxygen atoms in total. The van der Waals surface area contributed by atoms with Gasteiger partial charge in [0.2, 0.25) is 0 Å². The van der Waals surface area contributed by atoms with Crippen LogP contribution >= 0.6 is 11.6 Å². The summed E-state index contributed by atoms with van der Waals surface area (Å²) in [6, 6.07) is 5.13. The van der Waals surface area contributed by atoms with Gasteiger partial charge in [0, 0.05) is 11.6 Å². The Morgan fingerprint density at radius 2 is 2.00 bits per heavy atom. The first-order valence-electron chi connectivity index (χ1n) is 7.28. The highest BCUT2D eigenvalue weighted by molar-refractivity contribution is 6.30. The van der Waals surface area contributed by atoms with E-state index in [0.29, 0.717) is 0 Å². The Balaban J connectivity index is 2.42. The minimum Gasteiger partial charge on any atom is -0.326 e. The highest BCUT2D eigenvalue weighted by Crippen LogP contribution is 2.35. The molecule has 2 N–H and O–H groups in total. The molecule has 0 bridgehead atoms. The molecule has 2 atom stereocenters. The van der Waals surface area contributed by atoms with Crippen molar-refractivity contribution in [2.45, 2.75) is 57.7 Å². The number of rotatable bonds is 1. The van der Waals surface area contributed by atoms with Crippen LogP contribution in [0.15, 0.2) is 18.2 Å². The van der Waals surface area contributed by atoms with E-state index < -0.39 is 0 Å². The summed E-state index contributed by atoms with van der Waals surface area (Å²) in [7, 11) is 0. The van der Waals surface area contributed by atoms with E-state index >= 15 is 0 Å². The first-order valence-corrected chi connectivity index (χ1v) is 7.66. The zero-order valence-electron chi connectivity index (χ0n) is 12.5. The molecule has 0 amide bonds. The zero-order valence-corrected chi connectivity index (χ0v) is 13.3. The smallest absolute Gasteiger partial charge is 0.141 e. The Hall–Kier alpha value is -0.640. The number of likely N-dealkylation sites (tertiary alicyclic amines) is 1. The summed E-state index contributed by atoms with van der Waals surface area (Å²) in [6.45, 7) is 7.60. The van der Waals surface area contributed by atoms with E-state index in [1.807, 2.05) is 6.07 Å². The van der Waals surface area contributed by atoms with Crippen molar-refractivity contribution in [2.24, 2.45) is 5.73 Å². The van der Waals surface area contributed by atoms with Gasteiger partial charge in [0.15, 0.2) is 0 Å². The molecule has 0 aromatic heterocycles. The van der Waals surface area contributed by atoms with Crippen LogP contribution in [-0.4, -0.2) is 23.0 Å². The van der Waals surface area contributed by atoms with Crippen molar-refractivity contribution in [3.63, 3.8) is 0 Å². The molecule has 0 spiro atoms. The quantitative estimate of drug-likeness (QED) is 0.844. The largest absolute Gasteiger partial charge is 0.326 e. The molecular formula is C16H24ClFN2. The molecule has 1 aromatic carbocycles. The van der Waals surface area contributed by atoms with Crippen LogP contribution in [0, 0.1) is 5.82 Å². The fourth-order valence-electron chi connectivity index (χ4n) is 3.07. The average molecular weight is 299 g/mol. The van der Waals surface area contributed by atoms with Gasteiger partial charge in [-0.25, -0.2) is 4.39 Å². The Labute approximate surface area is 126 Å². The standard InChI is InChI=1S/C16H24ClFN2/c1-16(2,3)20-9-5-4-6-14(19)15(20)11-7-8-13(18)12(17)10-11/h7-8,10,14-15H,4-6,9,19H2,1-3H3. The van der Waals surface area contributed by atoms with Crippen LogP contribution in [-0.2, 0) is 0 Å². The summed E-state index contributed by atoms with van der Waals surface area (Å²) >= 11 is 5.95. The Kier molecular flexibility index (Phi) is 4.73. The third-order valence-electron chi connectivity index (χ3n) is 4.07. The molecule has 1 aromatic rings. The second-order valence-electron chi connectivity index (χ2n) is 6.64. The highest BCUT2D eigenvalue weighted by Gasteiger charge is 2.35. The van der Waals surface area contributed by atoms with Crippen LogP contribution in [0.3, 0.4) is 0 Å². The van der Waals surface area contributed by atoms with Crippen LogP contribution in [0.1, 0.15) is 51.6 Å². The van der Waals surface area contributed by atoms with Crippen molar-refractivity contribution in [3.8, 4) is 0 Å². The lowest BCUT2D eigenvalue weighted by Crippen LogP contribution is -2.49. The fraction of sp³-hybridized carbons (Fsp3) is 0.625. The van der Waals surface area contributed by atoms with Gasteiger partial charge >= 0.3 is 0 Å². The maximum atomic E-state index is 13.4. The normalized spacial score (nSPS) is 25.5. The third kappa shape index (κ3) is 3.33. The summed E-state index contributed by atoms with van der Waals surface area (Å²) in [5.74, 6) is -0.375. The number of hydrogen-bond acceptors (Lipinski definition) is 2. The van der Waals surface area contributed by atoms with E-state index in [0.717, 1.165) is 31.4 Å². The van der Waals surface area contributed by atoms with E-state index in [9.17, 15) is 4.39 Å². The average Bonchev–Trinajstić information content (AvgIpc) is 2.54. The summed E-state index contributed by atoms with van der Waals surface area (Å²) in [6.07, 6.45) is 3.28. The van der Waals surface area contributed by atoms with Gasteiger partial charge in [-0.05, 0) is 57.9 Å². The van der Waals surface area contributed by atoms with Gasteiger partial charge in [0.1, 0.15) is 5.82 Å². The maximum Gasteiger partial charge on any atom is 0.141 e. The van der Waals surface area contributed by atoms with Crippen LogP contribution in [0.2, 0.25) is 5.02 Å². The molecule has 2 rings (SSSR count). The summed E-state index contributed by atoms with van der Waals surface area (Å²) < 4.78 is 13.4. The summed E-state index contributed by atoms with van der Waals surface area (Å²) in [4.78, 5) is 2.42. The van der Waals surface area contributed by atoms with Gasteiger partial charge in [-0.2, -0.15) is 0 Å². The molecule has 1 aliphatic heterocycles. The van der Waals surface area contributed by atoms with Crippen molar-refractivity contribution >= 4 is 11.6 Å². The van der Waals surface area contributed by atoms with Crippen molar-refractivity contribution in [1.82, 2.24) is 4.90 Å². The molecule has 4 heteroatoms. The zero-order chi connectivity index (χ0) is 14.9. The lowest BCUT2D eigenvalue weighted by molar-refractivity contribution is 0.0755. The lowest BCUT2D eigenvalue weighted by atomic mass is 9.92. The summed E-state index contributed by atoms with van der Waals surface area (Å²) in [5, 5.41) is 0.174. The molecule has 1 heterocycles. The first kappa shape index (κ1) is 15.7. The molecule has 1 fully saturated rings. The van der Waals surface area contributed by atoms with Gasteiger partial charge in [-0.1, -0.05) is 24.1 Å². The van der Waals surface area contributed by atoms with Crippen LogP contribution in [0.4, 0.5) is 4.39 Å². The molecular weight excluding hydrogens is 275 g/mol. The first-order chi connectivity index (χ1) is 9.30. The van der Waals surface area contributed by atoms with Gasteiger partial charge in [0.05, 0.1) is 11.1 Å². The van der Waals surface area contributed by atoms with Crippen LogP contribution in [0.5, 0.6) is 0 Å². The monoisotopic (exact) mass is 298 g/mol. The second-order valence-corrected chi connectivity index (χ2v) is 7.05.